The Morgan fingerprint density at radius 3 is 2.50 bits per heavy atom. The number of halogens is 2. The molecule has 0 saturated carbocycles. The van der Waals surface area contributed by atoms with Crippen LogP contribution in [0.15, 0.2) is 42.7 Å². The normalized spacial score (nSPS) is 25.5. The topological polar surface area (TPSA) is 3.88 Å². The lowest BCUT2D eigenvalue weighted by atomic mass is 10.0. The molecule has 2 atom stereocenters. The number of nitrogens with zero attached hydrogens (tertiary/aromatic N) is 1. The molecule has 1 heterocycles. The van der Waals surface area contributed by atoms with Crippen LogP contribution in [0.25, 0.3) is 0 Å². The lowest BCUT2D eigenvalue weighted by Crippen LogP contribution is -3.00. The summed E-state index contributed by atoms with van der Waals surface area (Å²) in [4.78, 5) is 0.574. The molecule has 0 amide bonds. The molecule has 0 saturated heterocycles. The molecule has 76 valence electrons. The summed E-state index contributed by atoms with van der Waals surface area (Å²) in [5.41, 5.74) is 0. The summed E-state index contributed by atoms with van der Waals surface area (Å²) in [5.74, 6) is 0. The van der Waals surface area contributed by atoms with Gasteiger partial charge in [-0.25, -0.2) is 0 Å². The highest BCUT2D eigenvalue weighted by Gasteiger charge is 2.25. The number of aromatic nitrogens is 1. The Hall–Kier alpha value is -0.150. The molecule has 2 rings (SSSR count). The second-order valence-corrected chi connectivity index (χ2v) is 4.51. The Balaban J connectivity index is 0.000000980. The van der Waals surface area contributed by atoms with Crippen molar-refractivity contribution in [1.82, 2.24) is 0 Å². The number of rotatable bonds is 1. The minimum Gasteiger partial charge on any atom is -1.00 e. The van der Waals surface area contributed by atoms with E-state index in [1.165, 1.54) is 12.8 Å². The van der Waals surface area contributed by atoms with Crippen LogP contribution in [0.2, 0.25) is 0 Å². The van der Waals surface area contributed by atoms with Crippen LogP contribution >= 0.6 is 15.9 Å². The Labute approximate surface area is 104 Å². The fraction of sp³-hybridized carbons (Fsp3) is 0.364. The molecular weight excluding hydrogens is 306 g/mol. The molecule has 0 fully saturated rings. The van der Waals surface area contributed by atoms with Gasteiger partial charge in [0.05, 0.1) is 4.83 Å². The molecular formula is C11H13Br2N. The van der Waals surface area contributed by atoms with Crippen LogP contribution in [-0.4, -0.2) is 4.83 Å². The summed E-state index contributed by atoms with van der Waals surface area (Å²) >= 11 is 3.72. The largest absolute Gasteiger partial charge is 1.00 e. The van der Waals surface area contributed by atoms with E-state index in [0.29, 0.717) is 10.9 Å². The molecule has 0 radical (unpaired) electrons. The molecule has 0 bridgehead atoms. The van der Waals surface area contributed by atoms with Crippen molar-refractivity contribution in [2.24, 2.45) is 0 Å². The summed E-state index contributed by atoms with van der Waals surface area (Å²) in [6.07, 6.45) is 11.2. The van der Waals surface area contributed by atoms with Gasteiger partial charge in [-0.15, -0.1) is 0 Å². The van der Waals surface area contributed by atoms with E-state index >= 15 is 0 Å². The molecule has 14 heavy (non-hydrogen) atoms. The van der Waals surface area contributed by atoms with Crippen molar-refractivity contribution in [2.75, 3.05) is 0 Å². The monoisotopic (exact) mass is 317 g/mol. The number of alkyl halides is 1. The maximum atomic E-state index is 3.72. The predicted molar refractivity (Wildman–Crippen MR) is 56.8 cm³/mol. The van der Waals surface area contributed by atoms with E-state index in [-0.39, 0.29) is 17.0 Å². The second-order valence-electron chi connectivity index (χ2n) is 3.33. The van der Waals surface area contributed by atoms with Crippen molar-refractivity contribution >= 4 is 15.9 Å². The zero-order chi connectivity index (χ0) is 9.10. The number of pyridine rings is 1. The highest BCUT2D eigenvalue weighted by Crippen LogP contribution is 2.24. The van der Waals surface area contributed by atoms with Crippen molar-refractivity contribution in [1.29, 1.82) is 0 Å². The molecule has 0 spiro atoms. The van der Waals surface area contributed by atoms with Crippen LogP contribution in [0.4, 0.5) is 0 Å². The standard InChI is InChI=1S/C11H13BrN.BrH/c12-10-6-2-3-7-11(10)13-8-4-1-5-9-13;/h1,3-5,7-11H,2,6H2;1H/q+1;/p-1/t10-,11-;/m0./s1. The molecule has 1 aliphatic carbocycles. The molecule has 0 aromatic carbocycles. The highest BCUT2D eigenvalue weighted by molar-refractivity contribution is 9.09. The lowest BCUT2D eigenvalue weighted by Gasteiger charge is -2.17. The van der Waals surface area contributed by atoms with Gasteiger partial charge in [0.15, 0.2) is 18.4 Å². The van der Waals surface area contributed by atoms with Gasteiger partial charge in [-0.1, -0.05) is 28.1 Å². The maximum absolute atomic E-state index is 3.72. The third-order valence-corrected chi connectivity index (χ3v) is 3.40. The van der Waals surface area contributed by atoms with Crippen molar-refractivity contribution in [2.45, 2.75) is 23.7 Å². The smallest absolute Gasteiger partial charge is 0.189 e. The van der Waals surface area contributed by atoms with Gasteiger partial charge in [-0.05, 0) is 18.9 Å². The van der Waals surface area contributed by atoms with E-state index in [1.807, 2.05) is 6.07 Å². The van der Waals surface area contributed by atoms with E-state index in [4.69, 9.17) is 0 Å². The third-order valence-electron chi connectivity index (χ3n) is 2.40. The zero-order valence-corrected chi connectivity index (χ0v) is 11.0. The number of hydrogen-bond acceptors (Lipinski definition) is 0. The molecule has 0 unspecified atom stereocenters. The fourth-order valence-electron chi connectivity index (χ4n) is 1.68. The SMILES string of the molecule is Br[C@H]1CCC=C[C@@H]1[n+]1ccccc1.[Br-]. The Morgan fingerprint density at radius 2 is 1.86 bits per heavy atom. The van der Waals surface area contributed by atoms with Crippen LogP contribution in [0.1, 0.15) is 18.9 Å². The van der Waals surface area contributed by atoms with Gasteiger partial charge in [-0.3, -0.25) is 0 Å². The van der Waals surface area contributed by atoms with Gasteiger partial charge in [0.25, 0.3) is 0 Å². The number of hydrogen-bond donors (Lipinski definition) is 0. The summed E-state index contributed by atoms with van der Waals surface area (Å²) < 4.78 is 2.25. The van der Waals surface area contributed by atoms with Gasteiger partial charge >= 0.3 is 0 Å². The first kappa shape index (κ1) is 11.9. The first-order valence-corrected chi connectivity index (χ1v) is 5.56. The summed E-state index contributed by atoms with van der Waals surface area (Å²) in [7, 11) is 0. The molecule has 1 aromatic rings. The zero-order valence-electron chi connectivity index (χ0n) is 7.81. The second kappa shape index (κ2) is 5.66. The summed E-state index contributed by atoms with van der Waals surface area (Å²) in [6, 6.07) is 6.67. The van der Waals surface area contributed by atoms with E-state index in [1.54, 1.807) is 0 Å². The maximum Gasteiger partial charge on any atom is 0.189 e. The third kappa shape index (κ3) is 2.67. The molecule has 3 heteroatoms. The Kier molecular flexibility index (Phi) is 4.82. The minimum atomic E-state index is 0. The molecule has 0 aliphatic heterocycles. The van der Waals surface area contributed by atoms with Crippen LogP contribution in [0.5, 0.6) is 0 Å². The van der Waals surface area contributed by atoms with Crippen LogP contribution in [0.3, 0.4) is 0 Å². The fourth-order valence-corrected chi connectivity index (χ4v) is 2.39. The van der Waals surface area contributed by atoms with Crippen molar-refractivity contribution in [3.05, 3.63) is 42.7 Å². The van der Waals surface area contributed by atoms with Crippen LogP contribution in [-0.2, 0) is 0 Å². The van der Waals surface area contributed by atoms with Gasteiger partial charge < -0.3 is 17.0 Å². The first-order valence-electron chi connectivity index (χ1n) is 4.64. The highest BCUT2D eigenvalue weighted by atomic mass is 79.9. The van der Waals surface area contributed by atoms with Gasteiger partial charge in [-0.2, -0.15) is 4.57 Å². The van der Waals surface area contributed by atoms with Crippen LogP contribution < -0.4 is 21.5 Å². The average Bonchev–Trinajstić information content (AvgIpc) is 2.20. The van der Waals surface area contributed by atoms with Gasteiger partial charge in [0.2, 0.25) is 0 Å². The minimum absolute atomic E-state index is 0. The van der Waals surface area contributed by atoms with E-state index in [0.717, 1.165) is 0 Å². The first-order chi connectivity index (χ1) is 6.38. The van der Waals surface area contributed by atoms with E-state index in [9.17, 15) is 0 Å². The molecule has 0 N–H and O–H groups in total. The van der Waals surface area contributed by atoms with Crippen molar-refractivity contribution < 1.29 is 21.5 Å². The van der Waals surface area contributed by atoms with E-state index in [2.05, 4.69) is 57.2 Å². The molecule has 1 nitrogen and oxygen atoms in total. The average molecular weight is 319 g/mol. The molecule has 1 aromatic heterocycles. The van der Waals surface area contributed by atoms with Gasteiger partial charge in [0, 0.05) is 12.1 Å². The van der Waals surface area contributed by atoms with Crippen molar-refractivity contribution in [3.63, 3.8) is 0 Å². The predicted octanol–water partition coefficient (Wildman–Crippen LogP) is -0.367. The number of allylic oxidation sites excluding steroid dienone is 2. The van der Waals surface area contributed by atoms with E-state index < -0.39 is 0 Å². The van der Waals surface area contributed by atoms with Crippen molar-refractivity contribution in [3.8, 4) is 0 Å². The van der Waals surface area contributed by atoms with Crippen LogP contribution in [0, 0.1) is 0 Å². The molecule has 1 aliphatic rings. The van der Waals surface area contributed by atoms with Gasteiger partial charge in [0.1, 0.15) is 0 Å². The Morgan fingerprint density at radius 1 is 1.14 bits per heavy atom. The summed E-state index contributed by atoms with van der Waals surface area (Å²) in [6.45, 7) is 0. The quantitative estimate of drug-likeness (QED) is 0.378. The lowest BCUT2D eigenvalue weighted by molar-refractivity contribution is -0.711. The summed E-state index contributed by atoms with van der Waals surface area (Å²) in [5, 5.41) is 0. The Bertz CT molecular complexity index is 297.